The zero-order valence-electron chi connectivity index (χ0n) is 14.9. The van der Waals surface area contributed by atoms with E-state index in [0.29, 0.717) is 16.9 Å². The number of nitro benzene ring substituents is 1. The van der Waals surface area contributed by atoms with Crippen molar-refractivity contribution in [3.8, 4) is 0 Å². The van der Waals surface area contributed by atoms with Crippen LogP contribution in [0.1, 0.15) is 5.56 Å². The van der Waals surface area contributed by atoms with E-state index in [1.165, 1.54) is 47.8 Å². The van der Waals surface area contributed by atoms with Crippen molar-refractivity contribution in [1.82, 2.24) is 4.57 Å². The molecule has 0 aliphatic rings. The van der Waals surface area contributed by atoms with Crippen molar-refractivity contribution >= 4 is 51.0 Å². The number of aromatic nitrogens is 1. The lowest BCUT2D eigenvalue weighted by Crippen LogP contribution is -2.17. The van der Waals surface area contributed by atoms with Gasteiger partial charge in [-0.15, -0.1) is 0 Å². The summed E-state index contributed by atoms with van der Waals surface area (Å²) >= 11 is 2.91. The first kappa shape index (κ1) is 20.0. The molecule has 0 radical (unpaired) electrons. The Morgan fingerprint density at radius 2 is 2.18 bits per heavy atom. The van der Waals surface area contributed by atoms with Gasteiger partial charge in [0.2, 0.25) is 0 Å². The molecule has 0 bridgehead atoms. The fraction of sp³-hybridized carbons (Fsp3) is 0.158. The highest BCUT2D eigenvalue weighted by Crippen LogP contribution is 2.19. The topological polar surface area (TPSA) is 77.5 Å². The molecule has 3 aromatic rings. The van der Waals surface area contributed by atoms with E-state index < -0.39 is 10.8 Å². The van der Waals surface area contributed by atoms with Gasteiger partial charge < -0.3 is 4.57 Å². The van der Waals surface area contributed by atoms with Crippen LogP contribution in [0.3, 0.4) is 0 Å². The monoisotopic (exact) mass is 417 g/mol. The number of fused-ring (bicyclic) bond motifs is 1. The summed E-state index contributed by atoms with van der Waals surface area (Å²) in [5.74, 6) is -0.000616. The SMILES string of the molecule is CSCCn1c(=NC(=O)/C=C/c2cccc([N+](=O)[O-])c2)sc2cc(F)ccc21. The Kier molecular flexibility index (Phi) is 6.37. The molecular formula is C19H16FN3O3S2. The largest absolute Gasteiger partial charge is 0.316 e. The van der Waals surface area contributed by atoms with Gasteiger partial charge in [0, 0.05) is 30.5 Å². The van der Waals surface area contributed by atoms with Crippen molar-refractivity contribution < 1.29 is 14.1 Å². The number of carbonyl (C=O) groups is 1. The van der Waals surface area contributed by atoms with Crippen molar-refractivity contribution in [1.29, 1.82) is 0 Å². The molecule has 0 saturated carbocycles. The van der Waals surface area contributed by atoms with Gasteiger partial charge in [0.15, 0.2) is 4.80 Å². The number of thioether (sulfide) groups is 1. The van der Waals surface area contributed by atoms with Gasteiger partial charge in [-0.2, -0.15) is 16.8 Å². The Hall–Kier alpha value is -2.78. The molecule has 0 unspecified atom stereocenters. The molecule has 2 aromatic carbocycles. The lowest BCUT2D eigenvalue weighted by molar-refractivity contribution is -0.384. The van der Waals surface area contributed by atoms with Crippen molar-refractivity contribution in [2.45, 2.75) is 6.54 Å². The number of non-ortho nitro benzene ring substituents is 1. The zero-order valence-corrected chi connectivity index (χ0v) is 16.5. The van der Waals surface area contributed by atoms with Gasteiger partial charge in [0.25, 0.3) is 11.6 Å². The maximum Gasteiger partial charge on any atom is 0.272 e. The number of nitrogens with zero attached hydrogens (tertiary/aromatic N) is 3. The summed E-state index contributed by atoms with van der Waals surface area (Å²) in [6.45, 7) is 0.646. The molecule has 1 heterocycles. The maximum absolute atomic E-state index is 13.5. The van der Waals surface area contributed by atoms with Crippen LogP contribution in [0.4, 0.5) is 10.1 Å². The number of aryl methyl sites for hydroxylation is 1. The van der Waals surface area contributed by atoms with E-state index in [-0.39, 0.29) is 11.5 Å². The Morgan fingerprint density at radius 1 is 1.36 bits per heavy atom. The van der Waals surface area contributed by atoms with E-state index in [2.05, 4.69) is 4.99 Å². The van der Waals surface area contributed by atoms with E-state index in [9.17, 15) is 19.3 Å². The number of halogens is 1. The second-order valence-electron chi connectivity index (χ2n) is 5.78. The minimum Gasteiger partial charge on any atom is -0.316 e. The summed E-state index contributed by atoms with van der Waals surface area (Å²) < 4.78 is 16.1. The van der Waals surface area contributed by atoms with Crippen LogP contribution >= 0.6 is 23.1 Å². The zero-order chi connectivity index (χ0) is 20.1. The van der Waals surface area contributed by atoms with Gasteiger partial charge in [-0.05, 0) is 36.1 Å². The van der Waals surface area contributed by atoms with E-state index in [1.54, 1.807) is 30.0 Å². The Balaban J connectivity index is 1.93. The van der Waals surface area contributed by atoms with Crippen molar-refractivity contribution in [2.75, 3.05) is 12.0 Å². The van der Waals surface area contributed by atoms with Crippen LogP contribution < -0.4 is 4.80 Å². The van der Waals surface area contributed by atoms with Crippen LogP contribution in [0.25, 0.3) is 16.3 Å². The molecule has 0 N–H and O–H groups in total. The number of amides is 1. The number of thiazole rings is 1. The summed E-state index contributed by atoms with van der Waals surface area (Å²) in [6.07, 6.45) is 4.74. The number of hydrogen-bond donors (Lipinski definition) is 0. The molecule has 0 aliphatic carbocycles. The van der Waals surface area contributed by atoms with Crippen LogP contribution in [0.2, 0.25) is 0 Å². The maximum atomic E-state index is 13.5. The number of rotatable bonds is 6. The van der Waals surface area contributed by atoms with E-state index in [1.807, 2.05) is 10.8 Å². The summed E-state index contributed by atoms with van der Waals surface area (Å²) in [5.41, 5.74) is 1.31. The fourth-order valence-corrected chi connectivity index (χ4v) is 4.02. The number of benzene rings is 2. The van der Waals surface area contributed by atoms with E-state index in [4.69, 9.17) is 0 Å². The smallest absolute Gasteiger partial charge is 0.272 e. The molecular weight excluding hydrogens is 401 g/mol. The van der Waals surface area contributed by atoms with Gasteiger partial charge >= 0.3 is 0 Å². The van der Waals surface area contributed by atoms with Crippen LogP contribution in [-0.2, 0) is 11.3 Å². The van der Waals surface area contributed by atoms with Gasteiger partial charge in [0.1, 0.15) is 5.82 Å². The first-order chi connectivity index (χ1) is 13.5. The number of carbonyl (C=O) groups excluding carboxylic acids is 1. The summed E-state index contributed by atoms with van der Waals surface area (Å²) in [5, 5.41) is 10.8. The third kappa shape index (κ3) is 4.73. The van der Waals surface area contributed by atoms with Crippen LogP contribution in [-0.4, -0.2) is 27.4 Å². The number of nitro groups is 1. The molecule has 0 aliphatic heterocycles. The molecule has 0 atom stereocenters. The molecule has 28 heavy (non-hydrogen) atoms. The molecule has 0 spiro atoms. The molecule has 144 valence electrons. The van der Waals surface area contributed by atoms with Crippen LogP contribution in [0, 0.1) is 15.9 Å². The molecule has 1 aromatic heterocycles. The highest BCUT2D eigenvalue weighted by molar-refractivity contribution is 7.98. The quantitative estimate of drug-likeness (QED) is 0.341. The fourth-order valence-electron chi connectivity index (χ4n) is 2.57. The molecule has 9 heteroatoms. The molecule has 0 saturated heterocycles. The van der Waals surface area contributed by atoms with Crippen molar-refractivity contribution in [3.63, 3.8) is 0 Å². The first-order valence-corrected chi connectivity index (χ1v) is 10.5. The van der Waals surface area contributed by atoms with E-state index >= 15 is 0 Å². The lowest BCUT2D eigenvalue weighted by Gasteiger charge is -2.03. The Labute approximate surface area is 168 Å². The van der Waals surface area contributed by atoms with Gasteiger partial charge in [-0.3, -0.25) is 14.9 Å². The van der Waals surface area contributed by atoms with Crippen molar-refractivity contribution in [2.24, 2.45) is 4.99 Å². The van der Waals surface area contributed by atoms with Crippen LogP contribution in [0.5, 0.6) is 0 Å². The summed E-state index contributed by atoms with van der Waals surface area (Å²) in [6, 6.07) is 10.5. The highest BCUT2D eigenvalue weighted by atomic mass is 32.2. The molecule has 6 nitrogen and oxygen atoms in total. The van der Waals surface area contributed by atoms with E-state index in [0.717, 1.165) is 16.0 Å². The second-order valence-corrected chi connectivity index (χ2v) is 7.77. The van der Waals surface area contributed by atoms with Gasteiger partial charge in [-0.25, -0.2) is 4.39 Å². The van der Waals surface area contributed by atoms with Crippen LogP contribution in [0.15, 0.2) is 53.5 Å². The van der Waals surface area contributed by atoms with Crippen molar-refractivity contribution in [3.05, 3.63) is 74.8 Å². The Morgan fingerprint density at radius 3 is 2.93 bits per heavy atom. The highest BCUT2D eigenvalue weighted by Gasteiger charge is 2.08. The third-order valence-electron chi connectivity index (χ3n) is 3.87. The predicted octanol–water partition coefficient (Wildman–Crippen LogP) is 4.25. The average molecular weight is 417 g/mol. The van der Waals surface area contributed by atoms with Gasteiger partial charge in [0.05, 0.1) is 15.1 Å². The third-order valence-corrected chi connectivity index (χ3v) is 5.50. The summed E-state index contributed by atoms with van der Waals surface area (Å²) in [4.78, 5) is 27.3. The molecule has 0 fully saturated rings. The minimum absolute atomic E-state index is 0.0482. The normalized spacial score (nSPS) is 12.1. The standard InChI is InChI=1S/C19H16FN3O3S2/c1-27-10-9-22-16-7-6-14(20)12-17(16)28-19(22)21-18(24)8-5-13-3-2-4-15(11-13)23(25)26/h2-8,11-12H,9-10H2,1H3/b8-5+,21-19?. The molecule has 1 amide bonds. The lowest BCUT2D eigenvalue weighted by atomic mass is 10.2. The minimum atomic E-state index is -0.492. The average Bonchev–Trinajstić information content (AvgIpc) is 3.00. The number of hydrogen-bond acceptors (Lipinski definition) is 5. The summed E-state index contributed by atoms with van der Waals surface area (Å²) in [7, 11) is 0. The second kappa shape index (κ2) is 8.94. The Bertz CT molecular complexity index is 1130. The van der Waals surface area contributed by atoms with Gasteiger partial charge in [-0.1, -0.05) is 23.5 Å². The molecule has 3 rings (SSSR count). The predicted molar refractivity (Wildman–Crippen MR) is 111 cm³/mol. The first-order valence-electron chi connectivity index (χ1n) is 8.27.